The highest BCUT2D eigenvalue weighted by molar-refractivity contribution is 7.15. The van der Waals surface area contributed by atoms with E-state index in [9.17, 15) is 9.18 Å². The molecule has 4 aromatic rings. The lowest BCUT2D eigenvalue weighted by Crippen LogP contribution is -2.12. The second-order valence-electron chi connectivity index (χ2n) is 6.51. The molecule has 0 saturated carbocycles. The number of rotatable bonds is 5. The molecule has 0 saturated heterocycles. The van der Waals surface area contributed by atoms with Crippen molar-refractivity contribution in [2.75, 3.05) is 5.32 Å². The van der Waals surface area contributed by atoms with Crippen LogP contribution in [0.25, 0.3) is 5.82 Å². The fourth-order valence-electron chi connectivity index (χ4n) is 2.87. The van der Waals surface area contributed by atoms with Gasteiger partial charge in [-0.3, -0.25) is 10.1 Å². The van der Waals surface area contributed by atoms with E-state index in [1.807, 2.05) is 26.0 Å². The second-order valence-corrected chi connectivity index (χ2v) is 7.57. The number of halogens is 1. The Hall–Kier alpha value is -3.46. The highest BCUT2D eigenvalue weighted by Crippen LogP contribution is 2.20. The van der Waals surface area contributed by atoms with Gasteiger partial charge in [-0.1, -0.05) is 23.5 Å². The summed E-state index contributed by atoms with van der Waals surface area (Å²) in [5.41, 5.74) is 3.06. The first-order chi connectivity index (χ1) is 14.0. The van der Waals surface area contributed by atoms with Crippen molar-refractivity contribution >= 4 is 22.4 Å². The third kappa shape index (κ3) is 4.35. The molecule has 0 radical (unpaired) electrons. The third-order valence-corrected chi connectivity index (χ3v) is 5.01. The topological polar surface area (TPSA) is 85.6 Å². The predicted molar refractivity (Wildman–Crippen MR) is 108 cm³/mol. The van der Waals surface area contributed by atoms with Gasteiger partial charge < -0.3 is 0 Å². The second kappa shape index (κ2) is 7.88. The molecule has 7 nitrogen and oxygen atoms in total. The lowest BCUT2D eigenvalue weighted by Gasteiger charge is -2.05. The van der Waals surface area contributed by atoms with Gasteiger partial charge in [0.1, 0.15) is 10.8 Å². The maximum absolute atomic E-state index is 13.3. The zero-order chi connectivity index (χ0) is 20.4. The van der Waals surface area contributed by atoms with E-state index in [0.717, 1.165) is 17.0 Å². The highest BCUT2D eigenvalue weighted by atomic mass is 32.1. The van der Waals surface area contributed by atoms with Gasteiger partial charge in [-0.25, -0.2) is 14.1 Å². The van der Waals surface area contributed by atoms with E-state index in [0.29, 0.717) is 27.9 Å². The number of nitrogens with one attached hydrogen (secondary N) is 1. The van der Waals surface area contributed by atoms with Gasteiger partial charge in [-0.2, -0.15) is 5.10 Å². The number of anilines is 1. The fraction of sp³-hybridized carbons (Fsp3) is 0.150. The van der Waals surface area contributed by atoms with Gasteiger partial charge in [-0.15, -0.1) is 10.2 Å². The van der Waals surface area contributed by atoms with Crippen LogP contribution in [0, 0.1) is 19.7 Å². The van der Waals surface area contributed by atoms with Gasteiger partial charge >= 0.3 is 0 Å². The Balaban J connectivity index is 1.43. The molecule has 0 aliphatic heterocycles. The fourth-order valence-corrected chi connectivity index (χ4v) is 3.64. The average Bonchev–Trinajstić information content (AvgIpc) is 3.27. The molecule has 1 N–H and O–H groups in total. The first-order valence-electron chi connectivity index (χ1n) is 8.86. The van der Waals surface area contributed by atoms with Crippen molar-refractivity contribution in [3.8, 4) is 5.82 Å². The standard InChI is InChI=1S/C20H17FN6OS/c1-12-8-13(2)27(26-12)17-7-6-15(11-22-17)19(28)23-20-25-24-18(29-20)10-14-4-3-5-16(21)9-14/h3-9,11H,10H2,1-2H3,(H,23,25,28). The van der Waals surface area contributed by atoms with Gasteiger partial charge in [-0.05, 0) is 49.7 Å². The van der Waals surface area contributed by atoms with Crippen LogP contribution in [-0.4, -0.2) is 30.9 Å². The third-order valence-electron chi connectivity index (χ3n) is 4.17. The molecule has 0 bridgehead atoms. The number of carbonyl (C=O) groups excluding carboxylic acids is 1. The first-order valence-corrected chi connectivity index (χ1v) is 9.67. The first kappa shape index (κ1) is 18.9. The van der Waals surface area contributed by atoms with Crippen LogP contribution in [-0.2, 0) is 6.42 Å². The van der Waals surface area contributed by atoms with Crippen molar-refractivity contribution in [2.24, 2.45) is 0 Å². The number of hydrogen-bond acceptors (Lipinski definition) is 6. The summed E-state index contributed by atoms with van der Waals surface area (Å²) in [4.78, 5) is 16.8. The molecule has 1 aromatic carbocycles. The van der Waals surface area contributed by atoms with E-state index in [4.69, 9.17) is 0 Å². The Morgan fingerprint density at radius 1 is 1.17 bits per heavy atom. The molecule has 0 aliphatic carbocycles. The molecule has 29 heavy (non-hydrogen) atoms. The SMILES string of the molecule is Cc1cc(C)n(-c2ccc(C(=O)Nc3nnc(Cc4cccc(F)c4)s3)cn2)n1. The van der Waals surface area contributed by atoms with Gasteiger partial charge in [0, 0.05) is 18.3 Å². The van der Waals surface area contributed by atoms with Crippen molar-refractivity contribution < 1.29 is 9.18 Å². The summed E-state index contributed by atoms with van der Waals surface area (Å²) < 4.78 is 15.0. The molecule has 0 aliphatic rings. The number of nitrogens with zero attached hydrogens (tertiary/aromatic N) is 5. The summed E-state index contributed by atoms with van der Waals surface area (Å²) in [6.45, 7) is 3.86. The maximum Gasteiger partial charge on any atom is 0.259 e. The van der Waals surface area contributed by atoms with Gasteiger partial charge in [0.25, 0.3) is 5.91 Å². The zero-order valence-corrected chi connectivity index (χ0v) is 16.6. The van der Waals surface area contributed by atoms with E-state index in [1.165, 1.54) is 29.7 Å². The number of amides is 1. The quantitative estimate of drug-likeness (QED) is 0.544. The molecular weight excluding hydrogens is 391 g/mol. The molecule has 3 aromatic heterocycles. The Morgan fingerprint density at radius 2 is 2.03 bits per heavy atom. The lowest BCUT2D eigenvalue weighted by atomic mass is 10.1. The smallest absolute Gasteiger partial charge is 0.259 e. The lowest BCUT2D eigenvalue weighted by molar-refractivity contribution is 0.102. The molecule has 0 unspecified atom stereocenters. The Kier molecular flexibility index (Phi) is 5.13. The molecule has 3 heterocycles. The van der Waals surface area contributed by atoms with Crippen LogP contribution in [0.3, 0.4) is 0 Å². The number of pyridine rings is 1. The molecule has 0 atom stereocenters. The summed E-state index contributed by atoms with van der Waals surface area (Å²) in [5.74, 6) is 0.0169. The van der Waals surface area contributed by atoms with Gasteiger partial charge in [0.15, 0.2) is 5.82 Å². The van der Waals surface area contributed by atoms with E-state index < -0.39 is 0 Å². The zero-order valence-electron chi connectivity index (χ0n) is 15.8. The minimum Gasteiger partial charge on any atom is -0.296 e. The maximum atomic E-state index is 13.3. The van der Waals surface area contributed by atoms with Crippen LogP contribution in [0.4, 0.5) is 9.52 Å². The summed E-state index contributed by atoms with van der Waals surface area (Å²) >= 11 is 1.25. The van der Waals surface area contributed by atoms with Crippen LogP contribution in [0.2, 0.25) is 0 Å². The van der Waals surface area contributed by atoms with Gasteiger partial charge in [0.05, 0.1) is 11.3 Å². The van der Waals surface area contributed by atoms with E-state index in [-0.39, 0.29) is 11.7 Å². The minimum absolute atomic E-state index is 0.294. The van der Waals surface area contributed by atoms with Crippen LogP contribution in [0.5, 0.6) is 0 Å². The predicted octanol–water partition coefficient (Wildman–Crippen LogP) is 3.72. The monoisotopic (exact) mass is 408 g/mol. The summed E-state index contributed by atoms with van der Waals surface area (Å²) in [6.07, 6.45) is 1.94. The van der Waals surface area contributed by atoms with Crippen LogP contribution >= 0.6 is 11.3 Å². The Bertz CT molecular complexity index is 1170. The Morgan fingerprint density at radius 3 is 2.72 bits per heavy atom. The number of benzene rings is 1. The minimum atomic E-state index is -0.328. The van der Waals surface area contributed by atoms with Crippen LogP contribution in [0.15, 0.2) is 48.7 Å². The molecule has 0 fully saturated rings. The van der Waals surface area contributed by atoms with E-state index >= 15 is 0 Å². The van der Waals surface area contributed by atoms with Gasteiger partial charge in [0.2, 0.25) is 5.13 Å². The molecule has 9 heteroatoms. The molecule has 146 valence electrons. The molecular formula is C20H17FN6OS. The molecule has 4 rings (SSSR count). The normalized spacial score (nSPS) is 10.9. The number of aryl methyl sites for hydroxylation is 2. The Labute approximate surface area is 170 Å². The van der Waals surface area contributed by atoms with Crippen molar-refractivity contribution in [2.45, 2.75) is 20.3 Å². The van der Waals surface area contributed by atoms with Crippen molar-refractivity contribution in [3.05, 3.63) is 82.0 Å². The van der Waals surface area contributed by atoms with Crippen molar-refractivity contribution in [3.63, 3.8) is 0 Å². The largest absolute Gasteiger partial charge is 0.296 e. The highest BCUT2D eigenvalue weighted by Gasteiger charge is 2.12. The number of carbonyl (C=O) groups is 1. The summed E-state index contributed by atoms with van der Waals surface area (Å²) in [5, 5.41) is 16.2. The average molecular weight is 408 g/mol. The number of aromatic nitrogens is 5. The summed E-state index contributed by atoms with van der Waals surface area (Å²) in [6, 6.07) is 11.7. The van der Waals surface area contributed by atoms with Crippen molar-refractivity contribution in [1.82, 2.24) is 25.0 Å². The van der Waals surface area contributed by atoms with Crippen LogP contribution < -0.4 is 5.32 Å². The van der Waals surface area contributed by atoms with Crippen molar-refractivity contribution in [1.29, 1.82) is 0 Å². The van der Waals surface area contributed by atoms with E-state index in [1.54, 1.807) is 22.9 Å². The van der Waals surface area contributed by atoms with E-state index in [2.05, 4.69) is 25.6 Å². The van der Waals surface area contributed by atoms with Crippen LogP contribution in [0.1, 0.15) is 32.3 Å². The molecule has 1 amide bonds. The summed E-state index contributed by atoms with van der Waals surface area (Å²) in [7, 11) is 0. The number of hydrogen-bond donors (Lipinski definition) is 1. The molecule has 0 spiro atoms.